The van der Waals surface area contributed by atoms with E-state index in [1.807, 2.05) is 0 Å². The quantitative estimate of drug-likeness (QED) is 0.209. The molecular formula is C47H67ClF2N8O2. The van der Waals surface area contributed by atoms with Crippen molar-refractivity contribution in [3.8, 4) is 11.3 Å². The van der Waals surface area contributed by atoms with Crippen molar-refractivity contribution < 1.29 is 19.0 Å². The molecule has 8 aliphatic rings. The third-order valence-corrected chi connectivity index (χ3v) is 19.3. The average Bonchev–Trinajstić information content (AvgIpc) is 4.05. The number of fused-ring (bicyclic) bond motifs is 10. The molecule has 0 saturated heterocycles. The molecule has 2 aromatic heterocycles. The van der Waals surface area contributed by atoms with E-state index in [-0.39, 0.29) is 17.8 Å². The monoisotopic (exact) mass is 849 g/mol. The number of nitrogens with zero attached hydrogens (tertiary/aromatic N) is 8. The van der Waals surface area contributed by atoms with Crippen LogP contribution in [0.1, 0.15) is 129 Å². The number of allylic oxidation sites excluding steroid dienone is 2. The van der Waals surface area contributed by atoms with Crippen molar-refractivity contribution in [1.82, 2.24) is 40.4 Å². The van der Waals surface area contributed by atoms with Gasteiger partial charge in [-0.05, 0) is 219 Å². The highest BCUT2D eigenvalue weighted by atomic mass is 35.5. The molecule has 8 fully saturated rings. The number of alkyl halides is 2. The van der Waals surface area contributed by atoms with E-state index in [0.717, 1.165) is 62.2 Å². The second-order valence-corrected chi connectivity index (χ2v) is 21.8. The van der Waals surface area contributed by atoms with Gasteiger partial charge in [0.15, 0.2) is 12.7 Å². The number of aromatic nitrogens is 8. The molecule has 16 atom stereocenters. The number of tetrazole rings is 2. The standard InChI is InChI=1S/C24H33ClN4O.C23H34F2N4O/c1-16(14-29-27-15-26-28-29)21-5-6-22-20-4-3-17-13-24(30,11-12-25)10-8-18(17)19(20)7-9-23(21,22)2;1-14(12-29-27-13-26-28-29)19-5-6-20-18-4-3-15-11-23(30,21(24)25)10-8-16(15)17(18)7-9-22(19,20)2/h15,17-22,30H,1,3-10,13-14H2,2H3;13,15-21,30H,1,3-12H2,2H3/t17-,18-,19+,20+,21+,22-,23+,24-;15-,16-,17+,18+,19+,20-,22+,23+/m00/s1. The summed E-state index contributed by atoms with van der Waals surface area (Å²) in [6.07, 6.45) is 19.0. The van der Waals surface area contributed by atoms with Crippen LogP contribution >= 0.6 is 11.6 Å². The van der Waals surface area contributed by atoms with E-state index < -0.39 is 17.6 Å². The van der Waals surface area contributed by atoms with Crippen molar-refractivity contribution in [2.45, 2.75) is 160 Å². The van der Waals surface area contributed by atoms with Crippen molar-refractivity contribution in [1.29, 1.82) is 0 Å². The number of hydrogen-bond acceptors (Lipinski definition) is 8. The van der Waals surface area contributed by atoms with Gasteiger partial charge in [-0.3, -0.25) is 0 Å². The van der Waals surface area contributed by atoms with Crippen LogP contribution in [0.5, 0.6) is 0 Å². The Kier molecular flexibility index (Phi) is 11.6. The van der Waals surface area contributed by atoms with Crippen LogP contribution in [-0.2, 0) is 13.1 Å². The van der Waals surface area contributed by atoms with Gasteiger partial charge in [0.25, 0.3) is 6.43 Å². The fourth-order valence-corrected chi connectivity index (χ4v) is 16.8. The van der Waals surface area contributed by atoms with E-state index in [1.54, 1.807) is 9.59 Å². The second kappa shape index (κ2) is 16.4. The molecule has 60 heavy (non-hydrogen) atoms. The Morgan fingerprint density at radius 3 is 1.62 bits per heavy atom. The minimum atomic E-state index is -2.62. The molecule has 2 heterocycles. The Balaban J connectivity index is 0.000000154. The van der Waals surface area contributed by atoms with Crippen LogP contribution in [0.3, 0.4) is 0 Å². The first kappa shape index (κ1) is 42.5. The molecule has 0 aliphatic heterocycles. The molecular weight excluding hydrogens is 782 g/mol. The maximum atomic E-state index is 13.4. The summed E-state index contributed by atoms with van der Waals surface area (Å²) in [7, 11) is 0. The maximum Gasteiger partial charge on any atom is 0.266 e. The van der Waals surface area contributed by atoms with Crippen LogP contribution in [-0.4, -0.2) is 68.3 Å². The van der Waals surface area contributed by atoms with Crippen molar-refractivity contribution in [3.63, 3.8) is 0 Å². The fraction of sp³-hybridized carbons (Fsp3) is 0.830. The van der Waals surface area contributed by atoms with Gasteiger partial charge in [0.05, 0.1) is 13.1 Å². The molecule has 0 unspecified atom stereocenters. The molecule has 8 saturated carbocycles. The summed E-state index contributed by atoms with van der Waals surface area (Å²) in [5.74, 6) is 10.6. The van der Waals surface area contributed by atoms with Crippen LogP contribution in [0.15, 0.2) is 37.0 Å². The molecule has 10 rings (SSSR count). The van der Waals surface area contributed by atoms with Gasteiger partial charge in [-0.15, -0.1) is 20.4 Å². The summed E-state index contributed by atoms with van der Waals surface area (Å²) >= 11 is 5.63. The maximum absolute atomic E-state index is 13.4. The zero-order valence-electron chi connectivity index (χ0n) is 35.8. The van der Waals surface area contributed by atoms with Crippen molar-refractivity contribution in [2.24, 2.45) is 81.8 Å². The number of halogens is 3. The largest absolute Gasteiger partial charge is 0.384 e. The molecule has 0 radical (unpaired) electrons. The SMILES string of the molecule is C=C(Cn1ncnn1)[C@H]1CC[C@H]2[C@@H]3CC[C@H]4C[C@@](O)(C#CCl)CC[C@@H]4[C@H]3CC[C@]12C.C=C(Cn1ncnn1)[C@H]1CC[C@H]2[C@@H]3CC[C@H]4C[C@@](O)(C(F)F)CC[C@@H]4[C@H]3CC[C@]12C. The molecule has 10 nitrogen and oxygen atoms in total. The van der Waals surface area contributed by atoms with E-state index in [4.69, 9.17) is 11.6 Å². The number of hydrogen-bond donors (Lipinski definition) is 2. The molecule has 0 aromatic carbocycles. The Morgan fingerprint density at radius 1 is 0.667 bits per heavy atom. The van der Waals surface area contributed by atoms with Gasteiger partial charge >= 0.3 is 0 Å². The topological polar surface area (TPSA) is 128 Å². The van der Waals surface area contributed by atoms with Gasteiger partial charge in [-0.25, -0.2) is 8.78 Å². The van der Waals surface area contributed by atoms with Crippen LogP contribution in [0, 0.1) is 93.1 Å². The third kappa shape index (κ3) is 7.50. The normalized spacial score (nSPS) is 45.3. The van der Waals surface area contributed by atoms with Gasteiger partial charge in [-0.1, -0.05) is 44.1 Å². The first-order valence-electron chi connectivity index (χ1n) is 23.4. The van der Waals surface area contributed by atoms with Crippen molar-refractivity contribution >= 4 is 11.6 Å². The predicted octanol–water partition coefficient (Wildman–Crippen LogP) is 8.92. The lowest BCUT2D eigenvalue weighted by Gasteiger charge is -2.57. The predicted molar refractivity (Wildman–Crippen MR) is 225 cm³/mol. The summed E-state index contributed by atoms with van der Waals surface area (Å²) in [6.45, 7) is 15.2. The first-order valence-corrected chi connectivity index (χ1v) is 23.8. The Hall–Kier alpha value is -2.75. The van der Waals surface area contributed by atoms with Gasteiger partial charge in [0, 0.05) is 5.38 Å². The highest BCUT2D eigenvalue weighted by molar-refractivity contribution is 6.30. The van der Waals surface area contributed by atoms with Crippen LogP contribution < -0.4 is 0 Å². The molecule has 0 amide bonds. The minimum absolute atomic E-state index is 0.265. The van der Waals surface area contributed by atoms with Gasteiger partial charge in [0.1, 0.15) is 11.2 Å². The van der Waals surface area contributed by atoms with Gasteiger partial charge in [0.2, 0.25) is 0 Å². The molecule has 8 aliphatic carbocycles. The van der Waals surface area contributed by atoms with Crippen LogP contribution in [0.25, 0.3) is 0 Å². The minimum Gasteiger partial charge on any atom is -0.384 e. The molecule has 0 bridgehead atoms. The van der Waals surface area contributed by atoms with E-state index in [0.29, 0.717) is 66.4 Å². The summed E-state index contributed by atoms with van der Waals surface area (Å²) in [5.41, 5.74) is 0.500. The van der Waals surface area contributed by atoms with Crippen molar-refractivity contribution in [3.05, 3.63) is 37.0 Å². The molecule has 13 heteroatoms. The smallest absolute Gasteiger partial charge is 0.266 e. The molecule has 0 spiro atoms. The Morgan fingerprint density at radius 2 is 1.15 bits per heavy atom. The Labute approximate surface area is 360 Å². The highest BCUT2D eigenvalue weighted by Crippen LogP contribution is 2.67. The van der Waals surface area contributed by atoms with Crippen LogP contribution in [0.4, 0.5) is 8.78 Å². The fourth-order valence-electron chi connectivity index (χ4n) is 16.6. The van der Waals surface area contributed by atoms with E-state index in [2.05, 4.69) is 69.1 Å². The number of rotatable bonds is 7. The molecule has 328 valence electrons. The first-order chi connectivity index (χ1) is 28.7. The van der Waals surface area contributed by atoms with E-state index in [9.17, 15) is 19.0 Å². The summed E-state index contributed by atoms with van der Waals surface area (Å²) in [6, 6.07) is 0. The van der Waals surface area contributed by atoms with E-state index >= 15 is 0 Å². The molecule has 2 aromatic rings. The Bertz CT molecular complexity index is 1920. The van der Waals surface area contributed by atoms with Crippen molar-refractivity contribution in [2.75, 3.05) is 0 Å². The summed E-state index contributed by atoms with van der Waals surface area (Å²) in [5, 5.41) is 47.7. The zero-order chi connectivity index (χ0) is 42.0. The second-order valence-electron chi connectivity index (χ2n) is 21.6. The third-order valence-electron chi connectivity index (χ3n) is 19.2. The highest BCUT2D eigenvalue weighted by Gasteiger charge is 2.60. The lowest BCUT2D eigenvalue weighted by Crippen LogP contribution is -2.52. The molecule has 2 N–H and O–H groups in total. The van der Waals surface area contributed by atoms with Gasteiger partial charge in [-0.2, -0.15) is 9.59 Å². The average molecular weight is 850 g/mol. The zero-order valence-corrected chi connectivity index (χ0v) is 36.6. The van der Waals surface area contributed by atoms with Crippen LogP contribution in [0.2, 0.25) is 0 Å². The summed E-state index contributed by atoms with van der Waals surface area (Å²) in [4.78, 5) is 3.30. The summed E-state index contributed by atoms with van der Waals surface area (Å²) < 4.78 is 26.8. The van der Waals surface area contributed by atoms with E-state index in [1.165, 1.54) is 88.0 Å². The lowest BCUT2D eigenvalue weighted by molar-refractivity contribution is -0.159. The lowest BCUT2D eigenvalue weighted by atomic mass is 9.48. The van der Waals surface area contributed by atoms with Gasteiger partial charge < -0.3 is 10.2 Å². The number of aliphatic hydroxyl groups is 2.